The van der Waals surface area contributed by atoms with E-state index in [1.54, 1.807) is 4.57 Å². The number of amides is 1. The first-order valence-electron chi connectivity index (χ1n) is 9.73. The first kappa shape index (κ1) is 20.6. The zero-order chi connectivity index (χ0) is 20.1. The molecule has 2 N–H and O–H groups in total. The highest BCUT2D eigenvalue weighted by Crippen LogP contribution is 2.28. The van der Waals surface area contributed by atoms with Crippen LogP contribution in [0.4, 0.5) is 5.69 Å². The van der Waals surface area contributed by atoms with Crippen molar-refractivity contribution in [2.75, 3.05) is 17.7 Å². The smallest absolute Gasteiger partial charge is 0.348 e. The fourth-order valence-electron chi connectivity index (χ4n) is 3.48. The van der Waals surface area contributed by atoms with Crippen molar-refractivity contribution in [1.29, 1.82) is 0 Å². The summed E-state index contributed by atoms with van der Waals surface area (Å²) in [5.41, 5.74) is 4.93. The molecule has 1 aromatic carbocycles. The first-order chi connectivity index (χ1) is 13.5. The molecule has 1 aliphatic carbocycles. The highest BCUT2D eigenvalue weighted by Gasteiger charge is 2.21. The number of aromatic nitrogens is 2. The number of rotatable bonds is 7. The Kier molecular flexibility index (Phi) is 6.91. The van der Waals surface area contributed by atoms with E-state index in [1.807, 2.05) is 32.0 Å². The van der Waals surface area contributed by atoms with Crippen LogP contribution >= 0.6 is 11.8 Å². The van der Waals surface area contributed by atoms with E-state index in [1.165, 1.54) is 17.3 Å². The van der Waals surface area contributed by atoms with Gasteiger partial charge in [0.25, 0.3) is 0 Å². The number of thioether (sulfide) groups is 1. The van der Waals surface area contributed by atoms with E-state index in [2.05, 4.69) is 10.3 Å². The van der Waals surface area contributed by atoms with E-state index in [4.69, 9.17) is 5.11 Å². The van der Waals surface area contributed by atoms with Gasteiger partial charge >= 0.3 is 5.69 Å². The van der Waals surface area contributed by atoms with Crippen molar-refractivity contribution < 1.29 is 9.90 Å². The Balaban J connectivity index is 1.73. The maximum absolute atomic E-state index is 12.5. The Hall–Kier alpha value is -2.12. The molecule has 3 rings (SSSR count). The normalized spacial score (nSPS) is 13.2. The Morgan fingerprint density at radius 3 is 2.79 bits per heavy atom. The molecule has 0 radical (unpaired) electrons. The van der Waals surface area contributed by atoms with Crippen molar-refractivity contribution in [3.05, 3.63) is 51.1 Å². The van der Waals surface area contributed by atoms with E-state index in [-0.39, 0.29) is 24.0 Å². The van der Waals surface area contributed by atoms with Gasteiger partial charge in [-0.1, -0.05) is 17.8 Å². The van der Waals surface area contributed by atoms with Gasteiger partial charge in [0.1, 0.15) is 5.03 Å². The molecule has 0 saturated heterocycles. The molecule has 1 aromatic heterocycles. The van der Waals surface area contributed by atoms with Crippen LogP contribution in [0.1, 0.15) is 41.6 Å². The minimum Gasteiger partial charge on any atom is -0.396 e. The van der Waals surface area contributed by atoms with Crippen LogP contribution in [0.15, 0.2) is 28.0 Å². The summed E-state index contributed by atoms with van der Waals surface area (Å²) < 4.78 is 1.70. The lowest BCUT2D eigenvalue weighted by atomic mass is 9.97. The van der Waals surface area contributed by atoms with Crippen molar-refractivity contribution in [3.8, 4) is 0 Å². The molecule has 1 aliphatic rings. The molecule has 1 amide bonds. The second-order valence-corrected chi connectivity index (χ2v) is 8.16. The topological polar surface area (TPSA) is 84.2 Å². The summed E-state index contributed by atoms with van der Waals surface area (Å²) in [4.78, 5) is 29.1. The summed E-state index contributed by atoms with van der Waals surface area (Å²) in [6, 6.07) is 5.84. The molecule has 0 fully saturated rings. The molecule has 2 aromatic rings. The number of anilines is 1. The average Bonchev–Trinajstić information content (AvgIpc) is 2.68. The Labute approximate surface area is 169 Å². The van der Waals surface area contributed by atoms with Crippen molar-refractivity contribution >= 4 is 23.4 Å². The fourth-order valence-corrected chi connectivity index (χ4v) is 4.35. The zero-order valence-corrected chi connectivity index (χ0v) is 17.3. The largest absolute Gasteiger partial charge is 0.396 e. The van der Waals surface area contributed by atoms with Crippen LogP contribution in [-0.2, 0) is 24.2 Å². The fraction of sp³-hybridized carbons (Fsp3) is 0.476. The summed E-state index contributed by atoms with van der Waals surface area (Å²) in [6.45, 7) is 4.59. The summed E-state index contributed by atoms with van der Waals surface area (Å²) in [7, 11) is 0. The van der Waals surface area contributed by atoms with Crippen LogP contribution in [0.3, 0.4) is 0 Å². The van der Waals surface area contributed by atoms with E-state index in [9.17, 15) is 9.59 Å². The molecule has 1 heterocycles. The molecule has 0 aliphatic heterocycles. The second kappa shape index (κ2) is 9.39. The number of hydrogen-bond acceptors (Lipinski definition) is 5. The van der Waals surface area contributed by atoms with Gasteiger partial charge in [0.15, 0.2) is 0 Å². The van der Waals surface area contributed by atoms with Gasteiger partial charge < -0.3 is 10.4 Å². The number of carbonyl (C=O) groups excluding carboxylic acids is 1. The molecular weight excluding hydrogens is 374 g/mol. The Bertz CT molecular complexity index is 924. The van der Waals surface area contributed by atoms with Gasteiger partial charge in [0.05, 0.1) is 5.75 Å². The summed E-state index contributed by atoms with van der Waals surface area (Å²) in [5, 5.41) is 12.7. The Morgan fingerprint density at radius 1 is 1.25 bits per heavy atom. The van der Waals surface area contributed by atoms with Crippen molar-refractivity contribution in [3.63, 3.8) is 0 Å². The number of benzene rings is 1. The van der Waals surface area contributed by atoms with Crippen LogP contribution in [-0.4, -0.2) is 32.9 Å². The van der Waals surface area contributed by atoms with Gasteiger partial charge in [-0.15, -0.1) is 0 Å². The Morgan fingerprint density at radius 2 is 2.04 bits per heavy atom. The standard InChI is InChI=1S/C21H27N3O3S/c1-14-8-9-16(12-15(14)2)22-19(26)13-28-20-17-6-3-4-7-18(17)24(10-5-11-25)21(27)23-20/h8-9,12,25H,3-7,10-11,13H2,1-2H3,(H,22,26). The molecule has 0 spiro atoms. The minimum absolute atomic E-state index is 0.0520. The van der Waals surface area contributed by atoms with E-state index >= 15 is 0 Å². The monoisotopic (exact) mass is 401 g/mol. The molecule has 150 valence electrons. The molecule has 0 saturated carbocycles. The lowest BCUT2D eigenvalue weighted by Gasteiger charge is -2.22. The van der Waals surface area contributed by atoms with Crippen LogP contribution in [0, 0.1) is 13.8 Å². The van der Waals surface area contributed by atoms with Crippen molar-refractivity contribution in [1.82, 2.24) is 9.55 Å². The van der Waals surface area contributed by atoms with Crippen molar-refractivity contribution in [2.24, 2.45) is 0 Å². The third kappa shape index (κ3) is 4.83. The predicted molar refractivity (Wildman–Crippen MR) is 112 cm³/mol. The maximum Gasteiger partial charge on any atom is 0.348 e. The van der Waals surface area contributed by atoms with Crippen LogP contribution in [0.2, 0.25) is 0 Å². The molecule has 28 heavy (non-hydrogen) atoms. The zero-order valence-electron chi connectivity index (χ0n) is 16.5. The summed E-state index contributed by atoms with van der Waals surface area (Å²) in [5.74, 6) is 0.107. The van der Waals surface area contributed by atoms with E-state index in [0.29, 0.717) is 18.0 Å². The highest BCUT2D eigenvalue weighted by molar-refractivity contribution is 8.00. The number of aliphatic hydroxyl groups is 1. The predicted octanol–water partition coefficient (Wildman–Crippen LogP) is 2.85. The van der Waals surface area contributed by atoms with Gasteiger partial charge in [-0.25, -0.2) is 4.79 Å². The molecular formula is C21H27N3O3S. The number of hydrogen-bond donors (Lipinski definition) is 2. The quantitative estimate of drug-likeness (QED) is 0.551. The number of nitrogens with one attached hydrogen (secondary N) is 1. The maximum atomic E-state index is 12.5. The molecule has 0 atom stereocenters. The first-order valence-corrected chi connectivity index (χ1v) is 10.7. The van der Waals surface area contributed by atoms with Gasteiger partial charge in [-0.3, -0.25) is 9.36 Å². The van der Waals surface area contributed by atoms with Crippen LogP contribution in [0.5, 0.6) is 0 Å². The SMILES string of the molecule is Cc1ccc(NC(=O)CSc2nc(=O)n(CCCO)c3c2CCCC3)cc1C. The number of aliphatic hydroxyl groups excluding tert-OH is 1. The summed E-state index contributed by atoms with van der Waals surface area (Å²) in [6.07, 6.45) is 4.38. The number of nitrogens with zero attached hydrogens (tertiary/aromatic N) is 2. The lowest BCUT2D eigenvalue weighted by Crippen LogP contribution is -2.30. The van der Waals surface area contributed by atoms with Crippen molar-refractivity contribution in [2.45, 2.75) is 57.5 Å². The number of carbonyl (C=O) groups is 1. The summed E-state index contributed by atoms with van der Waals surface area (Å²) >= 11 is 1.33. The second-order valence-electron chi connectivity index (χ2n) is 7.20. The van der Waals surface area contributed by atoms with Gasteiger partial charge in [-0.05, 0) is 69.2 Å². The van der Waals surface area contributed by atoms with Gasteiger partial charge in [-0.2, -0.15) is 4.98 Å². The molecule has 6 nitrogen and oxygen atoms in total. The molecule has 0 bridgehead atoms. The average molecular weight is 402 g/mol. The van der Waals surface area contributed by atoms with E-state index in [0.717, 1.165) is 48.2 Å². The third-order valence-electron chi connectivity index (χ3n) is 5.12. The lowest BCUT2D eigenvalue weighted by molar-refractivity contribution is -0.113. The molecule has 7 heteroatoms. The van der Waals surface area contributed by atoms with Gasteiger partial charge in [0.2, 0.25) is 5.91 Å². The number of aryl methyl sites for hydroxylation is 2. The minimum atomic E-state index is -0.286. The van der Waals surface area contributed by atoms with E-state index < -0.39 is 0 Å². The number of fused-ring (bicyclic) bond motifs is 1. The highest BCUT2D eigenvalue weighted by atomic mass is 32.2. The third-order valence-corrected chi connectivity index (χ3v) is 6.14. The van der Waals surface area contributed by atoms with Crippen LogP contribution in [0.25, 0.3) is 0 Å². The van der Waals surface area contributed by atoms with Gasteiger partial charge in [0, 0.05) is 30.1 Å². The molecule has 0 unspecified atom stereocenters. The van der Waals surface area contributed by atoms with Crippen LogP contribution < -0.4 is 11.0 Å².